The number of benzene rings is 1. The summed E-state index contributed by atoms with van der Waals surface area (Å²) in [5.41, 5.74) is 0.486. The zero-order valence-corrected chi connectivity index (χ0v) is 10.2. The van der Waals surface area contributed by atoms with Gasteiger partial charge < -0.3 is 9.84 Å². The number of ether oxygens (including phenoxy) is 1. The smallest absolute Gasteiger partial charge is 0.320 e. The van der Waals surface area contributed by atoms with Gasteiger partial charge in [-0.25, -0.2) is 4.39 Å². The highest BCUT2D eigenvalue weighted by Gasteiger charge is 2.29. The van der Waals surface area contributed by atoms with Gasteiger partial charge in [0.05, 0.1) is 12.7 Å². The molecule has 0 radical (unpaired) electrons. The molecule has 1 N–H and O–H groups in total. The molecule has 18 heavy (non-hydrogen) atoms. The van der Waals surface area contributed by atoms with Gasteiger partial charge >= 0.3 is 5.97 Å². The number of morpholine rings is 1. The Kier molecular flexibility index (Phi) is 3.93. The van der Waals surface area contributed by atoms with E-state index in [4.69, 9.17) is 9.84 Å². The third-order valence-electron chi connectivity index (χ3n) is 3.26. The average molecular weight is 253 g/mol. The van der Waals surface area contributed by atoms with Gasteiger partial charge in [0.25, 0.3) is 0 Å². The van der Waals surface area contributed by atoms with Crippen LogP contribution in [0.3, 0.4) is 0 Å². The van der Waals surface area contributed by atoms with Crippen molar-refractivity contribution in [1.29, 1.82) is 0 Å². The van der Waals surface area contributed by atoms with E-state index in [0.29, 0.717) is 25.3 Å². The molecule has 2 atom stereocenters. The molecule has 1 aliphatic rings. The highest BCUT2D eigenvalue weighted by molar-refractivity contribution is 5.72. The number of hydrogen-bond acceptors (Lipinski definition) is 3. The first-order valence-electron chi connectivity index (χ1n) is 5.92. The maximum Gasteiger partial charge on any atom is 0.320 e. The summed E-state index contributed by atoms with van der Waals surface area (Å²) < 4.78 is 19.2. The largest absolute Gasteiger partial charge is 0.480 e. The summed E-state index contributed by atoms with van der Waals surface area (Å²) in [5, 5.41) is 8.99. The Bertz CT molecular complexity index is 438. The predicted octanol–water partition coefficient (Wildman–Crippen LogP) is 1.67. The van der Waals surface area contributed by atoms with Crippen molar-refractivity contribution < 1.29 is 19.0 Å². The topological polar surface area (TPSA) is 49.8 Å². The molecule has 0 aromatic heterocycles. The number of rotatable bonds is 3. The van der Waals surface area contributed by atoms with Crippen LogP contribution in [0.4, 0.5) is 4.39 Å². The SMILES string of the molecule is C[C@H](C(=O)O)N1CCO[C@H](c2ccccc2F)C1. The van der Waals surface area contributed by atoms with Crippen LogP contribution in [0.25, 0.3) is 0 Å². The lowest BCUT2D eigenvalue weighted by Crippen LogP contribution is -2.46. The second-order valence-electron chi connectivity index (χ2n) is 4.39. The molecule has 4 nitrogen and oxygen atoms in total. The Morgan fingerprint density at radius 1 is 1.56 bits per heavy atom. The van der Waals surface area contributed by atoms with Crippen LogP contribution in [-0.4, -0.2) is 41.7 Å². The number of carboxylic acids is 1. The first kappa shape index (κ1) is 13.0. The summed E-state index contributed by atoms with van der Waals surface area (Å²) in [6.45, 7) is 3.00. The standard InChI is InChI=1S/C13H16FNO3/c1-9(13(16)17)15-6-7-18-12(8-15)10-4-2-3-5-11(10)14/h2-5,9,12H,6-8H2,1H3,(H,16,17)/t9-,12+/m1/s1. The van der Waals surface area contributed by atoms with Crippen molar-refractivity contribution >= 4 is 5.97 Å². The van der Waals surface area contributed by atoms with Crippen LogP contribution in [0.5, 0.6) is 0 Å². The van der Waals surface area contributed by atoms with Crippen molar-refractivity contribution in [1.82, 2.24) is 4.90 Å². The zero-order valence-electron chi connectivity index (χ0n) is 10.2. The minimum Gasteiger partial charge on any atom is -0.480 e. The summed E-state index contributed by atoms with van der Waals surface area (Å²) in [6, 6.07) is 5.86. The highest BCUT2D eigenvalue weighted by Crippen LogP contribution is 2.25. The summed E-state index contributed by atoms with van der Waals surface area (Å²) in [5.74, 6) is -1.18. The molecule has 0 spiro atoms. The number of carbonyl (C=O) groups is 1. The Hall–Kier alpha value is -1.46. The maximum atomic E-state index is 13.6. The first-order chi connectivity index (χ1) is 8.59. The highest BCUT2D eigenvalue weighted by atomic mass is 19.1. The van der Waals surface area contributed by atoms with Crippen molar-refractivity contribution in [2.24, 2.45) is 0 Å². The maximum absolute atomic E-state index is 13.6. The number of hydrogen-bond donors (Lipinski definition) is 1. The van der Waals surface area contributed by atoms with Gasteiger partial charge in [-0.15, -0.1) is 0 Å². The van der Waals surface area contributed by atoms with Gasteiger partial charge in [-0.3, -0.25) is 9.69 Å². The molecule has 98 valence electrons. The normalized spacial score (nSPS) is 22.7. The molecule has 0 saturated carbocycles. The van der Waals surface area contributed by atoms with Gasteiger partial charge in [-0.2, -0.15) is 0 Å². The molecule has 0 aliphatic carbocycles. The molecule has 2 rings (SSSR count). The lowest BCUT2D eigenvalue weighted by molar-refractivity contribution is -0.145. The van der Waals surface area contributed by atoms with Crippen LogP contribution in [0.1, 0.15) is 18.6 Å². The molecule has 1 aliphatic heterocycles. The van der Waals surface area contributed by atoms with Gasteiger partial charge in [0.15, 0.2) is 0 Å². The predicted molar refractivity (Wildman–Crippen MR) is 63.8 cm³/mol. The molecule has 1 fully saturated rings. The van der Waals surface area contributed by atoms with E-state index in [1.54, 1.807) is 30.0 Å². The third kappa shape index (κ3) is 2.68. The average Bonchev–Trinajstić information content (AvgIpc) is 2.38. The summed E-state index contributed by atoms with van der Waals surface area (Å²) in [4.78, 5) is 12.7. The van der Waals surface area contributed by atoms with Crippen molar-refractivity contribution in [3.8, 4) is 0 Å². The third-order valence-corrected chi connectivity index (χ3v) is 3.26. The van der Waals surface area contributed by atoms with Crippen LogP contribution in [0, 0.1) is 5.82 Å². The van der Waals surface area contributed by atoms with Crippen LogP contribution in [0.15, 0.2) is 24.3 Å². The Morgan fingerprint density at radius 2 is 2.28 bits per heavy atom. The van der Waals surface area contributed by atoms with E-state index in [1.807, 2.05) is 0 Å². The van der Waals surface area contributed by atoms with Crippen molar-refractivity contribution in [2.75, 3.05) is 19.7 Å². The van der Waals surface area contributed by atoms with Crippen molar-refractivity contribution in [3.05, 3.63) is 35.6 Å². The molecule has 1 heterocycles. The Morgan fingerprint density at radius 3 is 2.94 bits per heavy atom. The number of aliphatic carboxylic acids is 1. The van der Waals surface area contributed by atoms with Gasteiger partial charge in [0, 0.05) is 18.7 Å². The minimum absolute atomic E-state index is 0.313. The lowest BCUT2D eigenvalue weighted by atomic mass is 10.1. The molecule has 1 aromatic carbocycles. The van der Waals surface area contributed by atoms with E-state index in [-0.39, 0.29) is 5.82 Å². The fraction of sp³-hybridized carbons (Fsp3) is 0.462. The number of carboxylic acid groups (broad SMARTS) is 1. The van der Waals surface area contributed by atoms with Crippen LogP contribution >= 0.6 is 0 Å². The monoisotopic (exact) mass is 253 g/mol. The first-order valence-corrected chi connectivity index (χ1v) is 5.92. The van der Waals surface area contributed by atoms with E-state index < -0.39 is 18.1 Å². The van der Waals surface area contributed by atoms with Crippen LogP contribution < -0.4 is 0 Å². The quantitative estimate of drug-likeness (QED) is 0.890. The van der Waals surface area contributed by atoms with E-state index in [1.165, 1.54) is 6.07 Å². The van der Waals surface area contributed by atoms with Gasteiger partial charge in [0.1, 0.15) is 11.9 Å². The fourth-order valence-corrected chi connectivity index (χ4v) is 2.10. The van der Waals surface area contributed by atoms with Crippen LogP contribution in [-0.2, 0) is 9.53 Å². The Balaban J connectivity index is 2.12. The molecular weight excluding hydrogens is 237 g/mol. The van der Waals surface area contributed by atoms with E-state index in [2.05, 4.69) is 0 Å². The van der Waals surface area contributed by atoms with Gasteiger partial charge in [-0.1, -0.05) is 18.2 Å². The summed E-state index contributed by atoms with van der Waals surface area (Å²) >= 11 is 0. The van der Waals surface area contributed by atoms with E-state index in [9.17, 15) is 9.18 Å². The van der Waals surface area contributed by atoms with Gasteiger partial charge in [0.2, 0.25) is 0 Å². The second-order valence-corrected chi connectivity index (χ2v) is 4.39. The lowest BCUT2D eigenvalue weighted by Gasteiger charge is -2.35. The minimum atomic E-state index is -0.871. The van der Waals surface area contributed by atoms with Crippen molar-refractivity contribution in [2.45, 2.75) is 19.1 Å². The van der Waals surface area contributed by atoms with E-state index in [0.717, 1.165) is 0 Å². The number of halogens is 1. The molecule has 1 saturated heterocycles. The molecule has 0 amide bonds. The van der Waals surface area contributed by atoms with Crippen molar-refractivity contribution in [3.63, 3.8) is 0 Å². The molecule has 1 aromatic rings. The summed E-state index contributed by atoms with van der Waals surface area (Å²) in [6.07, 6.45) is -0.401. The van der Waals surface area contributed by atoms with Gasteiger partial charge in [-0.05, 0) is 13.0 Å². The Labute approximate surface area is 105 Å². The summed E-state index contributed by atoms with van der Waals surface area (Å²) in [7, 11) is 0. The molecule has 5 heteroatoms. The number of nitrogens with zero attached hydrogens (tertiary/aromatic N) is 1. The fourth-order valence-electron chi connectivity index (χ4n) is 2.10. The van der Waals surface area contributed by atoms with E-state index >= 15 is 0 Å². The molecule has 0 bridgehead atoms. The van der Waals surface area contributed by atoms with Crippen LogP contribution in [0.2, 0.25) is 0 Å². The molecule has 0 unspecified atom stereocenters. The zero-order chi connectivity index (χ0) is 13.1. The molecular formula is C13H16FNO3. The second kappa shape index (κ2) is 5.46.